The minimum atomic E-state index is -0.688. The van der Waals surface area contributed by atoms with Crippen LogP contribution in [0.5, 0.6) is 0 Å². The van der Waals surface area contributed by atoms with Gasteiger partial charge in [-0.05, 0) is 86.9 Å². The number of hydrogen-bond acceptors (Lipinski definition) is 5. The topological polar surface area (TPSA) is 88.8 Å². The molecule has 2 heterocycles. The zero-order valence-corrected chi connectivity index (χ0v) is 22.1. The van der Waals surface area contributed by atoms with Gasteiger partial charge in [-0.2, -0.15) is 5.10 Å². The molecule has 0 radical (unpaired) electrons. The van der Waals surface area contributed by atoms with Gasteiger partial charge in [-0.1, -0.05) is 12.1 Å². The van der Waals surface area contributed by atoms with E-state index in [2.05, 4.69) is 15.4 Å². The lowest BCUT2D eigenvalue weighted by Crippen LogP contribution is -2.40. The number of amides is 2. The van der Waals surface area contributed by atoms with Gasteiger partial charge >= 0.3 is 6.09 Å². The number of rotatable bonds is 6. The van der Waals surface area contributed by atoms with Crippen LogP contribution in [-0.2, 0) is 9.53 Å². The van der Waals surface area contributed by atoms with E-state index in [4.69, 9.17) is 16.3 Å². The number of anilines is 2. The van der Waals surface area contributed by atoms with Gasteiger partial charge in [0, 0.05) is 30.4 Å². The number of halogens is 1. The summed E-state index contributed by atoms with van der Waals surface area (Å²) < 4.78 is 7.52. The van der Waals surface area contributed by atoms with Gasteiger partial charge in [0.25, 0.3) is 0 Å². The number of ether oxygens (including phenoxy) is 1. The number of carbonyl (C=O) groups excluding carboxylic acids is 2. The summed E-state index contributed by atoms with van der Waals surface area (Å²) in [5.74, 6) is 0.565. The number of aliphatic imine (C=N–C) groups is 1. The molecule has 192 valence electrons. The van der Waals surface area contributed by atoms with E-state index in [-0.39, 0.29) is 18.2 Å². The van der Waals surface area contributed by atoms with Gasteiger partial charge in [0.1, 0.15) is 11.4 Å². The number of nitrogens with one attached hydrogen (secondary N) is 1. The van der Waals surface area contributed by atoms with Gasteiger partial charge in [0.2, 0.25) is 5.91 Å². The lowest BCUT2D eigenvalue weighted by molar-refractivity contribution is -0.115. The van der Waals surface area contributed by atoms with Crippen molar-refractivity contribution < 1.29 is 14.3 Å². The molecule has 0 saturated carbocycles. The maximum atomic E-state index is 13.4. The summed E-state index contributed by atoms with van der Waals surface area (Å²) in [6, 6.07) is 15.2. The van der Waals surface area contributed by atoms with Crippen LogP contribution in [0.25, 0.3) is 11.3 Å². The first-order chi connectivity index (χ1) is 17.6. The van der Waals surface area contributed by atoms with Crippen molar-refractivity contribution in [2.75, 3.05) is 22.6 Å². The summed E-state index contributed by atoms with van der Waals surface area (Å²) in [6.07, 6.45) is 5.23. The van der Waals surface area contributed by atoms with E-state index in [1.807, 2.05) is 76.4 Å². The van der Waals surface area contributed by atoms with E-state index in [9.17, 15) is 9.59 Å². The first kappa shape index (κ1) is 26.2. The molecule has 0 bridgehead atoms. The highest BCUT2D eigenvalue weighted by molar-refractivity contribution is 6.23. The normalized spacial score (nSPS) is 13.1. The molecule has 0 saturated heterocycles. The van der Waals surface area contributed by atoms with Crippen molar-refractivity contribution in [2.24, 2.45) is 4.99 Å². The molecular formula is C28H30ClN5O3. The Morgan fingerprint density at radius 3 is 2.54 bits per heavy atom. The van der Waals surface area contributed by atoms with Crippen LogP contribution in [0.3, 0.4) is 0 Å². The van der Waals surface area contributed by atoms with Crippen molar-refractivity contribution >= 4 is 46.4 Å². The molecule has 1 aliphatic rings. The zero-order chi connectivity index (χ0) is 26.6. The molecule has 0 unspecified atom stereocenters. The third-order valence-corrected chi connectivity index (χ3v) is 5.76. The van der Waals surface area contributed by atoms with Crippen LogP contribution in [0.4, 0.5) is 16.2 Å². The number of amidine groups is 1. The number of alkyl halides is 1. The quantitative estimate of drug-likeness (QED) is 0.405. The van der Waals surface area contributed by atoms with Crippen LogP contribution in [0, 0.1) is 6.92 Å². The van der Waals surface area contributed by atoms with E-state index in [1.54, 1.807) is 23.0 Å². The predicted molar refractivity (Wildman–Crippen MR) is 148 cm³/mol. The Morgan fingerprint density at radius 2 is 1.92 bits per heavy atom. The largest absolute Gasteiger partial charge is 0.443 e. The molecule has 3 aromatic rings. The zero-order valence-electron chi connectivity index (χ0n) is 21.4. The molecular weight excluding hydrogens is 490 g/mol. The molecule has 9 heteroatoms. The van der Waals surface area contributed by atoms with Crippen molar-refractivity contribution in [1.29, 1.82) is 0 Å². The third-order valence-electron chi connectivity index (χ3n) is 5.57. The number of aromatic nitrogens is 2. The molecule has 1 N–H and O–H groups in total. The highest BCUT2D eigenvalue weighted by Gasteiger charge is 2.29. The fraction of sp³-hybridized carbons (Fsp3) is 0.286. The average molecular weight is 520 g/mol. The lowest BCUT2D eigenvalue weighted by atomic mass is 10.1. The van der Waals surface area contributed by atoms with Gasteiger partial charge in [0.05, 0.1) is 17.9 Å². The van der Waals surface area contributed by atoms with Gasteiger partial charge in [-0.15, -0.1) is 11.6 Å². The Labute approximate surface area is 221 Å². The van der Waals surface area contributed by atoms with E-state index < -0.39 is 11.7 Å². The Hall–Kier alpha value is -3.91. The molecule has 1 aromatic heterocycles. The van der Waals surface area contributed by atoms with E-state index >= 15 is 0 Å². The number of carbonyl (C=O) groups is 2. The second-order valence-electron chi connectivity index (χ2n) is 9.65. The standard InChI is InChI=1S/C28H30ClN5O3/c1-19-16-22(32-26(35)12-13-29)8-11-24(19)34(27(36)37-28(2,3)4)25-17-21(18-30-25)20-6-9-23(10-7-20)33-15-5-14-31-33/h5-11,14-17H,12-13,18H2,1-4H3,(H,32,35). The monoisotopic (exact) mass is 519 g/mol. The van der Waals surface area contributed by atoms with Gasteiger partial charge in [0.15, 0.2) is 0 Å². The minimum Gasteiger partial charge on any atom is -0.443 e. The number of nitrogens with zero attached hydrogens (tertiary/aromatic N) is 4. The second kappa shape index (κ2) is 11.0. The smallest absolute Gasteiger partial charge is 0.420 e. The molecule has 0 aliphatic carbocycles. The van der Waals surface area contributed by atoms with Crippen LogP contribution >= 0.6 is 11.6 Å². The number of hydrogen-bond donors (Lipinski definition) is 1. The van der Waals surface area contributed by atoms with Crippen molar-refractivity contribution in [3.63, 3.8) is 0 Å². The summed E-state index contributed by atoms with van der Waals surface area (Å²) in [5.41, 5.74) is 4.29. The minimum absolute atomic E-state index is 0.169. The first-order valence-electron chi connectivity index (χ1n) is 12.0. The molecule has 1 aliphatic heterocycles. The molecule has 4 rings (SSSR count). The second-order valence-corrected chi connectivity index (χ2v) is 10.0. The third kappa shape index (κ3) is 6.46. The number of benzene rings is 2. The molecule has 0 atom stereocenters. The average Bonchev–Trinajstić information content (AvgIpc) is 3.53. The first-order valence-corrected chi connectivity index (χ1v) is 12.5. The van der Waals surface area contributed by atoms with Crippen molar-refractivity contribution in [3.05, 3.63) is 78.1 Å². The summed E-state index contributed by atoms with van der Waals surface area (Å²) >= 11 is 5.67. The van der Waals surface area contributed by atoms with Crippen molar-refractivity contribution in [2.45, 2.75) is 39.7 Å². The van der Waals surface area contributed by atoms with Crippen LogP contribution < -0.4 is 10.2 Å². The van der Waals surface area contributed by atoms with Crippen LogP contribution in [0.2, 0.25) is 0 Å². The van der Waals surface area contributed by atoms with Gasteiger partial charge in [-0.3, -0.25) is 9.79 Å². The van der Waals surface area contributed by atoms with E-state index in [1.165, 1.54) is 4.90 Å². The summed E-state index contributed by atoms with van der Waals surface area (Å²) in [6.45, 7) is 7.78. The van der Waals surface area contributed by atoms with E-state index in [0.29, 0.717) is 23.8 Å². The predicted octanol–water partition coefficient (Wildman–Crippen LogP) is 5.99. The Bertz CT molecular complexity index is 1340. The van der Waals surface area contributed by atoms with Crippen molar-refractivity contribution in [1.82, 2.24) is 9.78 Å². The maximum absolute atomic E-state index is 13.4. The fourth-order valence-corrected chi connectivity index (χ4v) is 4.06. The lowest BCUT2D eigenvalue weighted by Gasteiger charge is -2.28. The van der Waals surface area contributed by atoms with Crippen LogP contribution in [0.1, 0.15) is 38.3 Å². The van der Waals surface area contributed by atoms with Crippen LogP contribution in [-0.4, -0.2) is 45.6 Å². The molecule has 0 spiro atoms. The SMILES string of the molecule is Cc1cc(NC(=O)CCCl)ccc1N(C(=O)OC(C)(C)C)C1=NCC(c2ccc(-n3cccn3)cc2)=C1. The highest BCUT2D eigenvalue weighted by Crippen LogP contribution is 2.29. The van der Waals surface area contributed by atoms with Crippen LogP contribution in [0.15, 0.2) is 72.0 Å². The highest BCUT2D eigenvalue weighted by atomic mass is 35.5. The number of aryl methyl sites for hydroxylation is 1. The summed E-state index contributed by atoms with van der Waals surface area (Å²) in [4.78, 5) is 31.5. The van der Waals surface area contributed by atoms with Crippen molar-refractivity contribution in [3.8, 4) is 5.69 Å². The molecule has 2 aromatic carbocycles. The Balaban J connectivity index is 1.62. The van der Waals surface area contributed by atoms with Gasteiger partial charge in [-0.25, -0.2) is 14.4 Å². The Morgan fingerprint density at radius 1 is 1.16 bits per heavy atom. The maximum Gasteiger partial charge on any atom is 0.420 e. The van der Waals surface area contributed by atoms with Gasteiger partial charge < -0.3 is 10.1 Å². The molecule has 8 nitrogen and oxygen atoms in total. The molecule has 2 amide bonds. The summed E-state index contributed by atoms with van der Waals surface area (Å²) in [5, 5.41) is 7.09. The molecule has 0 fully saturated rings. The fourth-order valence-electron chi connectivity index (χ4n) is 3.89. The van der Waals surface area contributed by atoms with E-state index in [0.717, 1.165) is 22.4 Å². The summed E-state index contributed by atoms with van der Waals surface area (Å²) in [7, 11) is 0. The Kier molecular flexibility index (Phi) is 7.78. The molecule has 37 heavy (non-hydrogen) atoms.